The molecule has 0 spiro atoms. The van der Waals surface area contributed by atoms with Crippen LogP contribution in [0.2, 0.25) is 0 Å². The maximum Gasteiger partial charge on any atom is 0.302 e. The van der Waals surface area contributed by atoms with Crippen molar-refractivity contribution in [1.82, 2.24) is 0 Å². The summed E-state index contributed by atoms with van der Waals surface area (Å²) in [6, 6.07) is 20.1. The van der Waals surface area contributed by atoms with E-state index in [4.69, 9.17) is 4.74 Å². The number of esters is 1. The maximum absolute atomic E-state index is 11.3. The van der Waals surface area contributed by atoms with Crippen molar-refractivity contribution in [2.24, 2.45) is 0 Å². The van der Waals surface area contributed by atoms with Gasteiger partial charge in [-0.05, 0) is 36.8 Å². The smallest absolute Gasteiger partial charge is 0.302 e. The van der Waals surface area contributed by atoms with Crippen molar-refractivity contribution in [3.8, 4) is 0 Å². The van der Waals surface area contributed by atoms with E-state index in [1.807, 2.05) is 60.7 Å². The third-order valence-corrected chi connectivity index (χ3v) is 3.88. The summed E-state index contributed by atoms with van der Waals surface area (Å²) >= 11 is 0. The molecule has 0 saturated heterocycles. The van der Waals surface area contributed by atoms with Gasteiger partial charge in [-0.3, -0.25) is 4.79 Å². The molecular formula is C20H24O3. The number of aliphatic hydroxyl groups is 1. The second-order valence-corrected chi connectivity index (χ2v) is 5.76. The summed E-state index contributed by atoms with van der Waals surface area (Å²) in [5.74, 6) is -0.346. The van der Waals surface area contributed by atoms with E-state index in [1.165, 1.54) is 18.1 Å². The predicted octanol–water partition coefficient (Wildman–Crippen LogP) is 3.54. The molecule has 3 nitrogen and oxygen atoms in total. The quantitative estimate of drug-likeness (QED) is 0.758. The highest BCUT2D eigenvalue weighted by Crippen LogP contribution is 2.15. The van der Waals surface area contributed by atoms with Crippen molar-refractivity contribution in [1.29, 1.82) is 0 Å². The van der Waals surface area contributed by atoms with Gasteiger partial charge in [-0.1, -0.05) is 60.7 Å². The first-order valence-electron chi connectivity index (χ1n) is 8.08. The molecule has 0 bridgehead atoms. The summed E-state index contributed by atoms with van der Waals surface area (Å²) in [7, 11) is 0. The topological polar surface area (TPSA) is 46.5 Å². The number of carbonyl (C=O) groups is 1. The van der Waals surface area contributed by atoms with Crippen LogP contribution in [0, 0.1) is 0 Å². The molecular weight excluding hydrogens is 288 g/mol. The van der Waals surface area contributed by atoms with Crippen LogP contribution >= 0.6 is 0 Å². The van der Waals surface area contributed by atoms with Gasteiger partial charge in [0.15, 0.2) is 0 Å². The number of ether oxygens (including phenoxy) is 1. The fourth-order valence-corrected chi connectivity index (χ4v) is 2.64. The fourth-order valence-electron chi connectivity index (χ4n) is 2.64. The number of hydrogen-bond donors (Lipinski definition) is 1. The van der Waals surface area contributed by atoms with Crippen LogP contribution in [-0.4, -0.2) is 23.3 Å². The van der Waals surface area contributed by atoms with Crippen LogP contribution in [0.25, 0.3) is 0 Å². The largest absolute Gasteiger partial charge is 0.460 e. The molecule has 2 aromatic carbocycles. The van der Waals surface area contributed by atoms with E-state index >= 15 is 0 Å². The molecule has 0 amide bonds. The third kappa shape index (κ3) is 6.25. The molecule has 1 N–H and O–H groups in total. The van der Waals surface area contributed by atoms with Crippen molar-refractivity contribution >= 4 is 5.97 Å². The molecule has 23 heavy (non-hydrogen) atoms. The maximum atomic E-state index is 11.3. The van der Waals surface area contributed by atoms with Gasteiger partial charge in [-0.2, -0.15) is 0 Å². The first kappa shape index (κ1) is 17.2. The van der Waals surface area contributed by atoms with Crippen molar-refractivity contribution in [2.45, 2.75) is 44.8 Å². The van der Waals surface area contributed by atoms with Gasteiger partial charge >= 0.3 is 5.97 Å². The Morgan fingerprint density at radius 2 is 1.39 bits per heavy atom. The number of hydrogen-bond acceptors (Lipinski definition) is 3. The standard InChI is InChI=1S/C20H24O3/c1-16(21)23-20(15-13-18-10-6-3-7-11-18)19(22)14-12-17-8-4-2-5-9-17/h2-11,19-20,22H,12-15H2,1H3/t19-,20-/m0/s1. The minimum Gasteiger partial charge on any atom is -0.460 e. The van der Waals surface area contributed by atoms with Crippen LogP contribution in [0.3, 0.4) is 0 Å². The molecule has 2 rings (SSSR count). The molecule has 0 heterocycles. The van der Waals surface area contributed by atoms with Gasteiger partial charge in [0.1, 0.15) is 6.10 Å². The SMILES string of the molecule is CC(=O)O[C@@H](CCc1ccccc1)[C@@H](O)CCc1ccccc1. The first-order chi connectivity index (χ1) is 11.1. The average molecular weight is 312 g/mol. The zero-order valence-corrected chi connectivity index (χ0v) is 13.5. The molecule has 0 aromatic heterocycles. The Morgan fingerprint density at radius 1 is 0.913 bits per heavy atom. The lowest BCUT2D eigenvalue weighted by Gasteiger charge is -2.23. The van der Waals surface area contributed by atoms with Crippen LogP contribution in [0.1, 0.15) is 30.9 Å². The minimum atomic E-state index is -0.650. The van der Waals surface area contributed by atoms with Gasteiger partial charge in [-0.15, -0.1) is 0 Å². The molecule has 0 saturated carbocycles. The van der Waals surface area contributed by atoms with E-state index in [-0.39, 0.29) is 5.97 Å². The van der Waals surface area contributed by atoms with Crippen molar-refractivity contribution in [3.63, 3.8) is 0 Å². The van der Waals surface area contributed by atoms with E-state index in [2.05, 4.69) is 0 Å². The van der Waals surface area contributed by atoms with Crippen molar-refractivity contribution in [3.05, 3.63) is 71.8 Å². The number of aliphatic hydroxyl groups excluding tert-OH is 1. The predicted molar refractivity (Wildman–Crippen MR) is 91.1 cm³/mol. The highest BCUT2D eigenvalue weighted by molar-refractivity contribution is 5.66. The fraction of sp³-hybridized carbons (Fsp3) is 0.350. The molecule has 2 aromatic rings. The number of benzene rings is 2. The lowest BCUT2D eigenvalue weighted by molar-refractivity contribution is -0.153. The van der Waals surface area contributed by atoms with E-state index < -0.39 is 12.2 Å². The molecule has 0 aliphatic rings. The number of carbonyl (C=O) groups excluding carboxylic acids is 1. The Morgan fingerprint density at radius 3 is 1.87 bits per heavy atom. The zero-order chi connectivity index (χ0) is 16.5. The molecule has 0 unspecified atom stereocenters. The molecule has 3 heteroatoms. The first-order valence-corrected chi connectivity index (χ1v) is 8.08. The summed E-state index contributed by atoms with van der Waals surface area (Å²) < 4.78 is 5.33. The lowest BCUT2D eigenvalue weighted by Crippen LogP contribution is -2.31. The minimum absolute atomic E-state index is 0.346. The zero-order valence-electron chi connectivity index (χ0n) is 13.5. The van der Waals surface area contributed by atoms with Crippen molar-refractivity contribution in [2.75, 3.05) is 0 Å². The van der Waals surface area contributed by atoms with Crippen molar-refractivity contribution < 1.29 is 14.6 Å². The second-order valence-electron chi connectivity index (χ2n) is 5.76. The summed E-state index contributed by atoms with van der Waals surface area (Å²) in [5.41, 5.74) is 2.36. The lowest BCUT2D eigenvalue weighted by atomic mass is 9.98. The van der Waals surface area contributed by atoms with Gasteiger partial charge in [0.05, 0.1) is 6.10 Å². The average Bonchev–Trinajstić information content (AvgIpc) is 2.58. The van der Waals surface area contributed by atoms with E-state index in [1.54, 1.807) is 0 Å². The molecule has 0 fully saturated rings. The Bertz CT molecular complexity index is 580. The number of rotatable bonds is 8. The Hall–Kier alpha value is -2.13. The highest BCUT2D eigenvalue weighted by Gasteiger charge is 2.22. The Balaban J connectivity index is 1.89. The van der Waals surface area contributed by atoms with Gasteiger partial charge in [0, 0.05) is 6.92 Å². The summed E-state index contributed by atoms with van der Waals surface area (Å²) in [6.07, 6.45) is 1.64. The second kappa shape index (κ2) is 9.11. The van der Waals surface area contributed by atoms with Gasteiger partial charge in [-0.25, -0.2) is 0 Å². The number of aryl methyl sites for hydroxylation is 2. The van der Waals surface area contributed by atoms with Crippen LogP contribution in [0.4, 0.5) is 0 Å². The van der Waals surface area contributed by atoms with Crippen LogP contribution in [0.15, 0.2) is 60.7 Å². The van der Waals surface area contributed by atoms with Gasteiger partial charge in [0.2, 0.25) is 0 Å². The summed E-state index contributed by atoms with van der Waals surface area (Å²) in [4.78, 5) is 11.3. The van der Waals surface area contributed by atoms with Gasteiger partial charge < -0.3 is 9.84 Å². The van der Waals surface area contributed by atoms with Gasteiger partial charge in [0.25, 0.3) is 0 Å². The van der Waals surface area contributed by atoms with Crippen LogP contribution in [-0.2, 0) is 22.4 Å². The van der Waals surface area contributed by atoms with E-state index in [9.17, 15) is 9.90 Å². The normalized spacial score (nSPS) is 13.3. The summed E-state index contributed by atoms with van der Waals surface area (Å²) in [6.45, 7) is 1.39. The Kier molecular flexibility index (Phi) is 6.82. The molecule has 0 radical (unpaired) electrons. The summed E-state index contributed by atoms with van der Waals surface area (Å²) in [5, 5.41) is 10.4. The van der Waals surface area contributed by atoms with E-state index in [0.717, 1.165) is 12.8 Å². The molecule has 0 aliphatic carbocycles. The third-order valence-electron chi connectivity index (χ3n) is 3.88. The van der Waals surface area contributed by atoms with E-state index in [0.29, 0.717) is 12.8 Å². The molecule has 0 aliphatic heterocycles. The highest BCUT2D eigenvalue weighted by atomic mass is 16.6. The molecule has 2 atom stereocenters. The van der Waals surface area contributed by atoms with Crippen LogP contribution < -0.4 is 0 Å². The monoisotopic (exact) mass is 312 g/mol. The Labute approximate surface area is 137 Å². The van der Waals surface area contributed by atoms with Crippen LogP contribution in [0.5, 0.6) is 0 Å². The molecule has 122 valence electrons.